The fourth-order valence-electron chi connectivity index (χ4n) is 1.49. The van der Waals surface area contributed by atoms with Crippen LogP contribution in [0.25, 0.3) is 10.9 Å². The first-order valence-corrected chi connectivity index (χ1v) is 5.55. The minimum Gasteiger partial charge on any atom is -0.259 e. The standard InChI is InChI=1S/C10H9F2IN2/c1-6-2-7-4-14-15(5-10(11)12)9(7)3-8(6)13/h2-4,10H,5H2,1H3. The van der Waals surface area contributed by atoms with E-state index in [2.05, 4.69) is 27.7 Å². The van der Waals surface area contributed by atoms with Gasteiger partial charge in [-0.25, -0.2) is 8.78 Å². The van der Waals surface area contributed by atoms with Crippen LogP contribution in [-0.4, -0.2) is 16.2 Å². The highest BCUT2D eigenvalue weighted by Crippen LogP contribution is 2.21. The van der Waals surface area contributed by atoms with E-state index in [-0.39, 0.29) is 6.54 Å². The lowest BCUT2D eigenvalue weighted by atomic mass is 10.2. The molecule has 0 amide bonds. The van der Waals surface area contributed by atoms with Gasteiger partial charge in [-0.1, -0.05) is 0 Å². The molecule has 1 aromatic heterocycles. The number of benzene rings is 1. The zero-order chi connectivity index (χ0) is 11.0. The molecule has 2 rings (SSSR count). The Morgan fingerprint density at radius 2 is 2.20 bits per heavy atom. The molecular weight excluding hydrogens is 313 g/mol. The Bertz CT molecular complexity index is 493. The average Bonchev–Trinajstić information content (AvgIpc) is 2.49. The summed E-state index contributed by atoms with van der Waals surface area (Å²) in [4.78, 5) is 0. The van der Waals surface area contributed by atoms with Gasteiger partial charge in [-0.15, -0.1) is 0 Å². The molecule has 0 saturated heterocycles. The van der Waals surface area contributed by atoms with Crippen molar-refractivity contribution in [1.82, 2.24) is 9.78 Å². The van der Waals surface area contributed by atoms with Gasteiger partial charge < -0.3 is 0 Å². The number of aryl methyl sites for hydroxylation is 1. The van der Waals surface area contributed by atoms with Crippen molar-refractivity contribution >= 4 is 33.5 Å². The highest BCUT2D eigenvalue weighted by atomic mass is 127. The van der Waals surface area contributed by atoms with Gasteiger partial charge >= 0.3 is 0 Å². The van der Waals surface area contributed by atoms with Crippen LogP contribution in [0.3, 0.4) is 0 Å². The lowest BCUT2D eigenvalue weighted by molar-refractivity contribution is 0.123. The molecule has 5 heteroatoms. The van der Waals surface area contributed by atoms with Gasteiger partial charge in [0.05, 0.1) is 11.7 Å². The fraction of sp³-hybridized carbons (Fsp3) is 0.300. The van der Waals surface area contributed by atoms with Crippen LogP contribution >= 0.6 is 22.6 Å². The third-order valence-electron chi connectivity index (χ3n) is 2.23. The summed E-state index contributed by atoms with van der Waals surface area (Å²) < 4.78 is 26.9. The summed E-state index contributed by atoms with van der Waals surface area (Å²) in [6, 6.07) is 3.85. The number of fused-ring (bicyclic) bond motifs is 1. The maximum Gasteiger partial charge on any atom is 0.257 e. The zero-order valence-electron chi connectivity index (χ0n) is 8.04. The number of aromatic nitrogens is 2. The summed E-state index contributed by atoms with van der Waals surface area (Å²) in [5.41, 5.74) is 1.91. The number of hydrogen-bond donors (Lipinski definition) is 0. The second-order valence-corrected chi connectivity index (χ2v) is 4.54. The van der Waals surface area contributed by atoms with Crippen molar-refractivity contribution in [2.45, 2.75) is 19.9 Å². The van der Waals surface area contributed by atoms with E-state index in [0.717, 1.165) is 20.0 Å². The Morgan fingerprint density at radius 1 is 1.47 bits per heavy atom. The minimum absolute atomic E-state index is 0.345. The molecule has 1 aromatic carbocycles. The largest absolute Gasteiger partial charge is 0.259 e. The van der Waals surface area contributed by atoms with E-state index in [0.29, 0.717) is 0 Å². The maximum absolute atomic E-state index is 12.2. The molecule has 15 heavy (non-hydrogen) atoms. The van der Waals surface area contributed by atoms with Crippen molar-refractivity contribution in [3.63, 3.8) is 0 Å². The normalized spacial score (nSPS) is 11.5. The number of halogens is 3. The third kappa shape index (κ3) is 2.11. The van der Waals surface area contributed by atoms with Crippen LogP contribution < -0.4 is 0 Å². The SMILES string of the molecule is Cc1cc2cnn(CC(F)F)c2cc1I. The van der Waals surface area contributed by atoms with Crippen LogP contribution in [0.4, 0.5) is 8.78 Å². The number of rotatable bonds is 2. The van der Waals surface area contributed by atoms with Crippen molar-refractivity contribution in [3.8, 4) is 0 Å². The lowest BCUT2D eigenvalue weighted by Gasteiger charge is -2.03. The molecule has 0 radical (unpaired) electrons. The fourth-order valence-corrected chi connectivity index (χ4v) is 1.94. The van der Waals surface area contributed by atoms with Gasteiger partial charge in [0, 0.05) is 8.96 Å². The van der Waals surface area contributed by atoms with Crippen LogP contribution in [0.2, 0.25) is 0 Å². The van der Waals surface area contributed by atoms with E-state index in [4.69, 9.17) is 0 Å². The van der Waals surface area contributed by atoms with Gasteiger partial charge in [-0.05, 0) is 47.2 Å². The molecule has 0 atom stereocenters. The smallest absolute Gasteiger partial charge is 0.257 e. The van der Waals surface area contributed by atoms with Gasteiger partial charge in [-0.2, -0.15) is 5.10 Å². The molecule has 0 saturated carbocycles. The first kappa shape index (κ1) is 10.8. The third-order valence-corrected chi connectivity index (χ3v) is 3.40. The molecule has 2 nitrogen and oxygen atoms in total. The van der Waals surface area contributed by atoms with Crippen molar-refractivity contribution in [2.75, 3.05) is 0 Å². The summed E-state index contributed by atoms with van der Waals surface area (Å²) in [5, 5.41) is 4.86. The van der Waals surface area contributed by atoms with Crippen molar-refractivity contribution in [1.29, 1.82) is 0 Å². The van der Waals surface area contributed by atoms with Crippen LogP contribution in [0.15, 0.2) is 18.3 Å². The molecular formula is C10H9F2IN2. The molecule has 0 unspecified atom stereocenters. The van der Waals surface area contributed by atoms with Gasteiger partial charge in [0.1, 0.15) is 6.54 Å². The van der Waals surface area contributed by atoms with Crippen LogP contribution in [0.1, 0.15) is 5.56 Å². The molecule has 0 aliphatic carbocycles. The molecule has 0 aliphatic heterocycles. The Hall–Kier alpha value is -0.720. The molecule has 0 N–H and O–H groups in total. The van der Waals surface area contributed by atoms with Crippen molar-refractivity contribution in [2.24, 2.45) is 0 Å². The van der Waals surface area contributed by atoms with Crippen molar-refractivity contribution < 1.29 is 8.78 Å². The quantitative estimate of drug-likeness (QED) is 0.777. The number of hydrogen-bond acceptors (Lipinski definition) is 1. The van der Waals surface area contributed by atoms with E-state index in [1.54, 1.807) is 6.20 Å². The van der Waals surface area contributed by atoms with E-state index < -0.39 is 6.43 Å². The van der Waals surface area contributed by atoms with E-state index in [1.165, 1.54) is 4.68 Å². The van der Waals surface area contributed by atoms with Crippen LogP contribution in [0, 0.1) is 10.5 Å². The molecule has 0 fully saturated rings. The maximum atomic E-state index is 12.2. The van der Waals surface area contributed by atoms with Crippen LogP contribution in [0.5, 0.6) is 0 Å². The zero-order valence-corrected chi connectivity index (χ0v) is 10.2. The highest BCUT2D eigenvalue weighted by molar-refractivity contribution is 14.1. The first-order valence-electron chi connectivity index (χ1n) is 4.48. The second-order valence-electron chi connectivity index (χ2n) is 3.38. The van der Waals surface area contributed by atoms with Crippen molar-refractivity contribution in [3.05, 3.63) is 27.5 Å². The summed E-state index contributed by atoms with van der Waals surface area (Å²) in [5.74, 6) is 0. The molecule has 0 bridgehead atoms. The second kappa shape index (κ2) is 4.03. The number of nitrogens with zero attached hydrogens (tertiary/aromatic N) is 2. The number of alkyl halides is 2. The van der Waals surface area contributed by atoms with Gasteiger partial charge in [0.2, 0.25) is 0 Å². The van der Waals surface area contributed by atoms with Crippen LogP contribution in [-0.2, 0) is 6.54 Å². The topological polar surface area (TPSA) is 17.8 Å². The first-order chi connectivity index (χ1) is 7.08. The Labute approximate surface area is 99.4 Å². The Morgan fingerprint density at radius 3 is 2.87 bits per heavy atom. The molecule has 1 heterocycles. The van der Waals surface area contributed by atoms with Gasteiger partial charge in [-0.3, -0.25) is 4.68 Å². The van der Waals surface area contributed by atoms with E-state index in [9.17, 15) is 8.78 Å². The summed E-state index contributed by atoms with van der Waals surface area (Å²) in [6.45, 7) is 1.65. The Balaban J connectivity index is 2.54. The summed E-state index contributed by atoms with van der Waals surface area (Å²) >= 11 is 2.19. The highest BCUT2D eigenvalue weighted by Gasteiger charge is 2.09. The molecule has 80 valence electrons. The molecule has 2 aromatic rings. The molecule has 0 aliphatic rings. The van der Waals surface area contributed by atoms with Gasteiger partial charge in [0.15, 0.2) is 0 Å². The summed E-state index contributed by atoms with van der Waals surface area (Å²) in [6.07, 6.45) is -0.743. The molecule has 0 spiro atoms. The average molecular weight is 322 g/mol. The predicted octanol–water partition coefficient (Wildman–Crippen LogP) is 3.21. The summed E-state index contributed by atoms with van der Waals surface area (Å²) in [7, 11) is 0. The Kier molecular flexibility index (Phi) is 2.90. The van der Waals surface area contributed by atoms with Gasteiger partial charge in [0.25, 0.3) is 6.43 Å². The monoisotopic (exact) mass is 322 g/mol. The van der Waals surface area contributed by atoms with E-state index >= 15 is 0 Å². The lowest BCUT2D eigenvalue weighted by Crippen LogP contribution is -2.07. The minimum atomic E-state index is -2.37. The van der Waals surface area contributed by atoms with E-state index in [1.807, 2.05) is 19.1 Å². The predicted molar refractivity (Wildman–Crippen MR) is 63.2 cm³/mol.